The number of hydrogen-bond donors (Lipinski definition) is 1. The van der Waals surface area contributed by atoms with E-state index in [2.05, 4.69) is 10.3 Å². The fourth-order valence-electron chi connectivity index (χ4n) is 4.84. The topological polar surface area (TPSA) is 114 Å². The lowest BCUT2D eigenvalue weighted by molar-refractivity contribution is -0.119. The summed E-state index contributed by atoms with van der Waals surface area (Å²) in [6, 6.07) is 24.6. The molecule has 0 radical (unpaired) electrons. The van der Waals surface area contributed by atoms with Crippen molar-refractivity contribution >= 4 is 44.5 Å². The number of benzene rings is 3. The number of rotatable bonds is 7. The number of anilines is 1. The van der Waals surface area contributed by atoms with Crippen LogP contribution in [0.4, 0.5) is 10.5 Å². The van der Waals surface area contributed by atoms with Crippen molar-refractivity contribution in [2.24, 2.45) is 4.99 Å². The summed E-state index contributed by atoms with van der Waals surface area (Å²) in [5, 5.41) is 2.81. The van der Waals surface area contributed by atoms with Crippen molar-refractivity contribution in [2.45, 2.75) is 50.1 Å². The molecule has 9 nitrogen and oxygen atoms in total. The molecule has 11 heteroatoms. The van der Waals surface area contributed by atoms with Gasteiger partial charge in [0, 0.05) is 17.4 Å². The van der Waals surface area contributed by atoms with Gasteiger partial charge in [0.05, 0.1) is 17.5 Å². The predicted octanol–water partition coefficient (Wildman–Crippen LogP) is 5.22. The Morgan fingerprint density at radius 3 is 2.21 bits per heavy atom. The van der Waals surface area contributed by atoms with E-state index in [-0.39, 0.29) is 29.2 Å². The maximum absolute atomic E-state index is 13.6. The molecule has 2 amide bonds. The first-order valence-electron chi connectivity index (χ1n) is 13.6. The van der Waals surface area contributed by atoms with Gasteiger partial charge in [0.2, 0.25) is 0 Å². The summed E-state index contributed by atoms with van der Waals surface area (Å²) in [5.41, 5.74) is 0.798. The zero-order valence-corrected chi connectivity index (χ0v) is 25.2. The van der Waals surface area contributed by atoms with Crippen molar-refractivity contribution in [1.82, 2.24) is 5.32 Å². The summed E-state index contributed by atoms with van der Waals surface area (Å²) in [5.74, 6) is 0.725. The molecule has 3 atom stereocenters. The number of aliphatic imine (C=N–C) groups is 1. The second kappa shape index (κ2) is 12.2. The number of nitrogens with zero attached hydrogens (tertiary/aromatic N) is 2. The van der Waals surface area contributed by atoms with Gasteiger partial charge in [0.15, 0.2) is 15.0 Å². The summed E-state index contributed by atoms with van der Waals surface area (Å²) in [7, 11) is -3.24. The number of alkyl carbamates (subject to hydrolysis) is 1. The number of carbonyl (C=O) groups is 2. The van der Waals surface area contributed by atoms with Gasteiger partial charge in [-0.05, 0) is 62.7 Å². The molecular weight excluding hydrogens is 574 g/mol. The van der Waals surface area contributed by atoms with E-state index in [1.165, 1.54) is 11.8 Å². The average Bonchev–Trinajstić information content (AvgIpc) is 3.39. The number of nitrogens with one attached hydrogen (secondary N) is 1. The summed E-state index contributed by atoms with van der Waals surface area (Å²) < 4.78 is 36.4. The first kappa shape index (κ1) is 29.7. The zero-order chi connectivity index (χ0) is 29.9. The SMILES string of the molecule is CC(C)(C)OC(=O)N[C@H](Cc1ccccc1)C(=O)N=C1S[C@@H]2CS(=O)(=O)C[C@H]2N1c1ccc(Oc2ccccc2)cc1. The van der Waals surface area contributed by atoms with Crippen molar-refractivity contribution in [3.05, 3.63) is 90.5 Å². The van der Waals surface area contributed by atoms with Crippen molar-refractivity contribution in [3.63, 3.8) is 0 Å². The van der Waals surface area contributed by atoms with Crippen molar-refractivity contribution in [3.8, 4) is 11.5 Å². The van der Waals surface area contributed by atoms with Crippen LogP contribution in [0.2, 0.25) is 0 Å². The van der Waals surface area contributed by atoms with E-state index < -0.39 is 33.5 Å². The molecule has 2 aliphatic rings. The van der Waals surface area contributed by atoms with E-state index in [1.807, 2.05) is 77.7 Å². The average molecular weight is 608 g/mol. The number of para-hydroxylation sites is 1. The zero-order valence-electron chi connectivity index (χ0n) is 23.6. The standard InChI is InChI=1S/C31H33N3O6S2/c1-31(2,3)40-30(36)32-25(18-21-10-6-4-7-11-21)28(35)33-29-34(26-19-42(37,38)20-27(26)41-29)22-14-16-24(17-15-22)39-23-12-8-5-9-13-23/h4-17,25-27H,18-20H2,1-3H3,(H,32,36)/t25-,26-,27-/m1/s1. The lowest BCUT2D eigenvalue weighted by atomic mass is 10.1. The number of amides is 2. The van der Waals surface area contributed by atoms with Gasteiger partial charge in [-0.25, -0.2) is 13.2 Å². The predicted molar refractivity (Wildman–Crippen MR) is 165 cm³/mol. The number of ether oxygens (including phenoxy) is 2. The van der Waals surface area contributed by atoms with Gasteiger partial charge in [0.25, 0.3) is 5.91 Å². The second-order valence-corrected chi connectivity index (χ2v) is 14.6. The molecular formula is C31H33N3O6S2. The molecule has 3 aromatic rings. The first-order valence-corrected chi connectivity index (χ1v) is 16.3. The van der Waals surface area contributed by atoms with Crippen LogP contribution >= 0.6 is 11.8 Å². The molecule has 2 aliphatic heterocycles. The van der Waals surface area contributed by atoms with Gasteiger partial charge in [-0.1, -0.05) is 60.3 Å². The fraction of sp³-hybridized carbons (Fsp3) is 0.323. The van der Waals surface area contributed by atoms with Crippen LogP contribution in [0.25, 0.3) is 0 Å². The number of thioether (sulfide) groups is 1. The van der Waals surface area contributed by atoms with E-state index in [0.717, 1.165) is 5.56 Å². The minimum atomic E-state index is -3.24. The summed E-state index contributed by atoms with van der Waals surface area (Å²) in [4.78, 5) is 32.6. The first-order chi connectivity index (χ1) is 20.0. The van der Waals surface area contributed by atoms with E-state index in [1.54, 1.807) is 32.9 Å². The van der Waals surface area contributed by atoms with E-state index in [0.29, 0.717) is 22.4 Å². The van der Waals surface area contributed by atoms with Crippen molar-refractivity contribution in [1.29, 1.82) is 0 Å². The normalized spacial score (nSPS) is 21.0. The Morgan fingerprint density at radius 1 is 0.952 bits per heavy atom. The molecule has 0 spiro atoms. The lowest BCUT2D eigenvalue weighted by Crippen LogP contribution is -2.45. The summed E-state index contributed by atoms with van der Waals surface area (Å²) >= 11 is 1.27. The summed E-state index contributed by atoms with van der Waals surface area (Å²) in [6.07, 6.45) is -0.502. The summed E-state index contributed by atoms with van der Waals surface area (Å²) in [6.45, 7) is 5.24. The third kappa shape index (κ3) is 7.51. The molecule has 3 aromatic carbocycles. The van der Waals surface area contributed by atoms with E-state index >= 15 is 0 Å². The van der Waals surface area contributed by atoms with Gasteiger partial charge >= 0.3 is 6.09 Å². The number of sulfone groups is 1. The van der Waals surface area contributed by atoms with Gasteiger partial charge in [-0.15, -0.1) is 0 Å². The highest BCUT2D eigenvalue weighted by Crippen LogP contribution is 2.41. The molecule has 0 aromatic heterocycles. The Labute approximate surface area is 250 Å². The molecule has 5 rings (SSSR count). The van der Waals surface area contributed by atoms with Gasteiger partial charge in [0.1, 0.15) is 23.1 Å². The maximum atomic E-state index is 13.6. The number of carbonyl (C=O) groups excluding carboxylic acids is 2. The minimum absolute atomic E-state index is 0.00481. The van der Waals surface area contributed by atoms with Crippen LogP contribution in [0.5, 0.6) is 11.5 Å². The number of hydrogen-bond acceptors (Lipinski definition) is 7. The highest BCUT2D eigenvalue weighted by Gasteiger charge is 2.49. The third-order valence-corrected chi connectivity index (χ3v) is 9.85. The molecule has 0 unspecified atom stereocenters. The van der Waals surface area contributed by atoms with Crippen molar-refractivity contribution < 1.29 is 27.5 Å². The van der Waals surface area contributed by atoms with Crippen LogP contribution in [0, 0.1) is 0 Å². The van der Waals surface area contributed by atoms with Gasteiger partial charge in [-0.2, -0.15) is 4.99 Å². The molecule has 2 saturated heterocycles. The van der Waals surface area contributed by atoms with Gasteiger partial charge < -0.3 is 19.7 Å². The monoisotopic (exact) mass is 607 g/mol. The maximum Gasteiger partial charge on any atom is 0.408 e. The fourth-order valence-corrected chi connectivity index (χ4v) is 8.76. The lowest BCUT2D eigenvalue weighted by Gasteiger charge is -2.25. The largest absolute Gasteiger partial charge is 0.457 e. The molecule has 0 aliphatic carbocycles. The van der Waals surface area contributed by atoms with E-state index in [4.69, 9.17) is 9.47 Å². The molecule has 1 N–H and O–H groups in total. The Hall–Kier alpha value is -3.83. The molecule has 0 saturated carbocycles. The van der Waals surface area contributed by atoms with Crippen LogP contribution in [0.1, 0.15) is 26.3 Å². The van der Waals surface area contributed by atoms with Crippen LogP contribution in [-0.4, -0.2) is 60.0 Å². The molecule has 220 valence electrons. The second-order valence-electron chi connectivity index (χ2n) is 11.2. The molecule has 2 fully saturated rings. The highest BCUT2D eigenvalue weighted by molar-refractivity contribution is 8.16. The molecule has 2 heterocycles. The van der Waals surface area contributed by atoms with Gasteiger partial charge in [-0.3, -0.25) is 4.79 Å². The molecule has 0 bridgehead atoms. The highest BCUT2D eigenvalue weighted by atomic mass is 32.2. The van der Waals surface area contributed by atoms with Crippen LogP contribution < -0.4 is 15.0 Å². The quantitative estimate of drug-likeness (QED) is 0.389. The van der Waals surface area contributed by atoms with Crippen molar-refractivity contribution in [2.75, 3.05) is 16.4 Å². The van der Waals surface area contributed by atoms with E-state index in [9.17, 15) is 18.0 Å². The van der Waals surface area contributed by atoms with Crippen LogP contribution in [0.15, 0.2) is 89.9 Å². The van der Waals surface area contributed by atoms with Crippen LogP contribution in [-0.2, 0) is 25.8 Å². The Balaban J connectivity index is 1.42. The van der Waals surface area contributed by atoms with Crippen LogP contribution in [0.3, 0.4) is 0 Å². The Bertz CT molecular complexity index is 1560. The minimum Gasteiger partial charge on any atom is -0.457 e. The smallest absolute Gasteiger partial charge is 0.408 e. The molecule has 42 heavy (non-hydrogen) atoms. The Kier molecular flexibility index (Phi) is 8.60. The number of amidine groups is 1. The Morgan fingerprint density at radius 2 is 1.57 bits per heavy atom. The third-order valence-electron chi connectivity index (χ3n) is 6.64. The number of fused-ring (bicyclic) bond motifs is 1.